The first kappa shape index (κ1) is 24.2. The van der Waals surface area contributed by atoms with E-state index in [0.717, 1.165) is 14.7 Å². The van der Waals surface area contributed by atoms with Crippen LogP contribution in [0.5, 0.6) is 0 Å². The number of amides is 6. The molecule has 0 spiro atoms. The molecule has 0 unspecified atom stereocenters. The fourth-order valence-electron chi connectivity index (χ4n) is 3.85. The van der Waals surface area contributed by atoms with Crippen LogP contribution in [0, 0.1) is 0 Å². The molecule has 12 nitrogen and oxygen atoms in total. The van der Waals surface area contributed by atoms with Gasteiger partial charge in [0.15, 0.2) is 0 Å². The zero-order chi connectivity index (χ0) is 24.4. The summed E-state index contributed by atoms with van der Waals surface area (Å²) in [6.45, 7) is 5.36. The van der Waals surface area contributed by atoms with Crippen molar-refractivity contribution in [3.8, 4) is 0 Å². The second kappa shape index (κ2) is 9.20. The van der Waals surface area contributed by atoms with Crippen molar-refractivity contribution in [1.29, 1.82) is 0 Å². The Balaban J connectivity index is 1.80. The molecule has 0 aliphatic carbocycles. The lowest BCUT2D eigenvalue weighted by atomic mass is 9.87. The van der Waals surface area contributed by atoms with E-state index in [4.69, 9.17) is 14.2 Å². The molecule has 2 fully saturated rings. The Hall–Kier alpha value is -3.44. The van der Waals surface area contributed by atoms with E-state index in [1.807, 2.05) is 0 Å². The van der Waals surface area contributed by atoms with Crippen molar-refractivity contribution >= 4 is 36.0 Å². The Morgan fingerprint density at radius 2 is 1.42 bits per heavy atom. The van der Waals surface area contributed by atoms with Gasteiger partial charge in [-0.1, -0.05) is 6.08 Å². The third-order valence-corrected chi connectivity index (χ3v) is 5.45. The van der Waals surface area contributed by atoms with E-state index < -0.39 is 47.1 Å². The van der Waals surface area contributed by atoms with Crippen LogP contribution in [0.4, 0.5) is 14.4 Å². The summed E-state index contributed by atoms with van der Waals surface area (Å²) in [6.07, 6.45) is -0.241. The summed E-state index contributed by atoms with van der Waals surface area (Å²) in [6, 6.07) is 0. The van der Waals surface area contributed by atoms with Crippen LogP contribution in [0.3, 0.4) is 0 Å². The average Bonchev–Trinajstić information content (AvgIpc) is 3.42. The lowest BCUT2D eigenvalue weighted by molar-refractivity contribution is -0.133. The summed E-state index contributed by atoms with van der Waals surface area (Å²) in [5.74, 6) is -1.70. The highest BCUT2D eigenvalue weighted by Crippen LogP contribution is 2.36. The first-order chi connectivity index (χ1) is 15.4. The number of carbonyl (C=O) groups excluding carboxylic acids is 6. The Bertz CT molecular complexity index is 863. The van der Waals surface area contributed by atoms with E-state index in [1.54, 1.807) is 20.8 Å². The molecule has 0 radical (unpaired) electrons. The van der Waals surface area contributed by atoms with Crippen LogP contribution >= 0.6 is 0 Å². The first-order valence-corrected chi connectivity index (χ1v) is 10.6. The van der Waals surface area contributed by atoms with Gasteiger partial charge in [-0.15, -0.1) is 0 Å². The number of rotatable bonds is 6. The first-order valence-electron chi connectivity index (χ1n) is 10.6. The largest absolute Gasteiger partial charge is 0.447 e. The van der Waals surface area contributed by atoms with Crippen LogP contribution in [0.25, 0.3) is 0 Å². The SMILES string of the molecule is CC(C)(C)OC(=O)N1C(=O)C=CC1(CCC(=O)N1CCOC1=O)CCC(=O)N1CCOC1=O. The van der Waals surface area contributed by atoms with Crippen LogP contribution < -0.4 is 0 Å². The van der Waals surface area contributed by atoms with E-state index in [1.165, 1.54) is 12.2 Å². The molecule has 0 aromatic heterocycles. The minimum atomic E-state index is -1.35. The van der Waals surface area contributed by atoms with Crippen LogP contribution in [0.2, 0.25) is 0 Å². The van der Waals surface area contributed by atoms with Gasteiger partial charge in [0.1, 0.15) is 18.8 Å². The van der Waals surface area contributed by atoms with Crippen LogP contribution in [0.1, 0.15) is 46.5 Å². The van der Waals surface area contributed by atoms with Crippen molar-refractivity contribution in [2.75, 3.05) is 26.3 Å². The molecule has 3 heterocycles. The number of ether oxygens (including phenoxy) is 3. The van der Waals surface area contributed by atoms with Crippen molar-refractivity contribution in [1.82, 2.24) is 14.7 Å². The lowest BCUT2D eigenvalue weighted by Crippen LogP contribution is -2.52. The van der Waals surface area contributed by atoms with Crippen molar-refractivity contribution in [3.05, 3.63) is 12.2 Å². The second-order valence-electron chi connectivity index (χ2n) is 8.91. The van der Waals surface area contributed by atoms with Gasteiger partial charge in [-0.3, -0.25) is 14.4 Å². The summed E-state index contributed by atoms with van der Waals surface area (Å²) in [4.78, 5) is 76.9. The fraction of sp³-hybridized carbons (Fsp3) is 0.619. The Labute approximate surface area is 190 Å². The maximum absolute atomic E-state index is 12.9. The molecule has 33 heavy (non-hydrogen) atoms. The molecule has 0 aromatic rings. The molecule has 0 atom stereocenters. The smallest absolute Gasteiger partial charge is 0.418 e. The topological polar surface area (TPSA) is 140 Å². The molecule has 6 amide bonds. The van der Waals surface area contributed by atoms with Crippen molar-refractivity contribution in [3.63, 3.8) is 0 Å². The van der Waals surface area contributed by atoms with Crippen LogP contribution in [-0.4, -0.2) is 88.1 Å². The molecule has 2 saturated heterocycles. The molecule has 0 N–H and O–H groups in total. The van der Waals surface area contributed by atoms with Gasteiger partial charge in [0, 0.05) is 18.9 Å². The molecule has 3 aliphatic heterocycles. The highest BCUT2D eigenvalue weighted by atomic mass is 16.6. The summed E-state index contributed by atoms with van der Waals surface area (Å²) < 4.78 is 14.9. The molecule has 3 aliphatic rings. The van der Waals surface area contributed by atoms with Gasteiger partial charge in [-0.2, -0.15) is 0 Å². The monoisotopic (exact) mass is 465 g/mol. The molecule has 0 saturated carbocycles. The second-order valence-corrected chi connectivity index (χ2v) is 8.91. The minimum absolute atomic E-state index is 0.0468. The quantitative estimate of drug-likeness (QED) is 0.535. The number of imide groups is 3. The lowest BCUT2D eigenvalue weighted by Gasteiger charge is -2.37. The van der Waals surface area contributed by atoms with Crippen molar-refractivity contribution in [2.45, 2.75) is 57.6 Å². The van der Waals surface area contributed by atoms with Crippen molar-refractivity contribution < 1.29 is 43.0 Å². The number of carbonyl (C=O) groups is 6. The summed E-state index contributed by atoms with van der Waals surface area (Å²) in [5.41, 5.74) is -2.24. The van der Waals surface area contributed by atoms with Gasteiger partial charge in [0.2, 0.25) is 11.8 Å². The predicted molar refractivity (Wildman–Crippen MR) is 110 cm³/mol. The van der Waals surface area contributed by atoms with Gasteiger partial charge in [0.05, 0.1) is 18.6 Å². The molecule has 0 aromatic carbocycles. The molecule has 12 heteroatoms. The Kier molecular flexibility index (Phi) is 6.75. The Morgan fingerprint density at radius 3 is 1.82 bits per heavy atom. The van der Waals surface area contributed by atoms with E-state index in [2.05, 4.69) is 0 Å². The Morgan fingerprint density at radius 1 is 0.939 bits per heavy atom. The number of hydrogen-bond acceptors (Lipinski definition) is 9. The standard InChI is InChI=1S/C21H27N3O9/c1-20(2,3)33-19(30)24-16(27)6-9-21(24,7-4-14(25)22-10-12-31-17(22)28)8-5-15(26)23-11-13-32-18(23)29/h6,9H,4-5,7-8,10-13H2,1-3H3. The predicted octanol–water partition coefficient (Wildman–Crippen LogP) is 1.58. The highest BCUT2D eigenvalue weighted by Gasteiger charge is 2.48. The molecule has 0 bridgehead atoms. The van der Waals surface area contributed by atoms with Gasteiger partial charge in [-0.25, -0.2) is 29.1 Å². The summed E-state index contributed by atoms with van der Waals surface area (Å²) in [7, 11) is 0. The van der Waals surface area contributed by atoms with Crippen LogP contribution in [-0.2, 0) is 28.6 Å². The van der Waals surface area contributed by atoms with Gasteiger partial charge < -0.3 is 14.2 Å². The van der Waals surface area contributed by atoms with Gasteiger partial charge >= 0.3 is 18.3 Å². The number of hydrogen-bond donors (Lipinski definition) is 0. The molecule has 180 valence electrons. The summed E-state index contributed by atoms with van der Waals surface area (Å²) in [5, 5.41) is 0. The molecular formula is C21H27N3O9. The fourth-order valence-corrected chi connectivity index (χ4v) is 3.85. The molecular weight excluding hydrogens is 438 g/mol. The van der Waals surface area contributed by atoms with Gasteiger partial charge in [0.25, 0.3) is 5.91 Å². The third kappa shape index (κ3) is 5.32. The van der Waals surface area contributed by atoms with E-state index in [0.29, 0.717) is 0 Å². The van der Waals surface area contributed by atoms with Crippen molar-refractivity contribution in [2.24, 2.45) is 0 Å². The highest BCUT2D eigenvalue weighted by molar-refractivity contribution is 6.03. The van der Waals surface area contributed by atoms with E-state index in [-0.39, 0.29) is 52.0 Å². The normalized spacial score (nSPS) is 19.7. The van der Waals surface area contributed by atoms with E-state index in [9.17, 15) is 28.8 Å². The number of nitrogens with zero attached hydrogens (tertiary/aromatic N) is 3. The maximum Gasteiger partial charge on any atom is 0.418 e. The van der Waals surface area contributed by atoms with Gasteiger partial charge in [-0.05, 0) is 33.6 Å². The summed E-state index contributed by atoms with van der Waals surface area (Å²) >= 11 is 0. The molecule has 3 rings (SSSR count). The average molecular weight is 465 g/mol. The maximum atomic E-state index is 12.9. The van der Waals surface area contributed by atoms with Crippen LogP contribution in [0.15, 0.2) is 12.2 Å². The minimum Gasteiger partial charge on any atom is -0.447 e. The zero-order valence-corrected chi connectivity index (χ0v) is 18.8. The third-order valence-electron chi connectivity index (χ3n) is 5.45. The van der Waals surface area contributed by atoms with E-state index >= 15 is 0 Å². The zero-order valence-electron chi connectivity index (χ0n) is 18.8. The number of cyclic esters (lactones) is 2.